The molecule has 2 heterocycles. The van der Waals surface area contributed by atoms with E-state index in [2.05, 4.69) is 30.1 Å². The van der Waals surface area contributed by atoms with Gasteiger partial charge in [0, 0.05) is 37.7 Å². The summed E-state index contributed by atoms with van der Waals surface area (Å²) in [5.41, 5.74) is 5.14. The first-order chi connectivity index (χ1) is 14.0. The first kappa shape index (κ1) is 19.9. The lowest BCUT2D eigenvalue weighted by Gasteiger charge is -2.34. The van der Waals surface area contributed by atoms with Gasteiger partial charge in [-0.05, 0) is 61.1 Å². The third kappa shape index (κ3) is 3.53. The van der Waals surface area contributed by atoms with Crippen molar-refractivity contribution in [1.82, 2.24) is 10.2 Å². The predicted molar refractivity (Wildman–Crippen MR) is 113 cm³/mol. The Bertz CT molecular complexity index is 926. The number of nitrogens with one attached hydrogen (secondary N) is 1. The molecule has 4 rings (SSSR count). The van der Waals surface area contributed by atoms with Gasteiger partial charge in [0.1, 0.15) is 5.75 Å². The number of benzene rings is 2. The van der Waals surface area contributed by atoms with Gasteiger partial charge in [-0.25, -0.2) is 0 Å². The molecule has 0 radical (unpaired) electrons. The quantitative estimate of drug-likeness (QED) is 0.837. The van der Waals surface area contributed by atoms with Crippen LogP contribution in [0.5, 0.6) is 5.75 Å². The number of hydrogen-bond acceptors (Lipinski definition) is 4. The molecule has 2 N–H and O–H groups in total. The molecule has 1 saturated heterocycles. The molecular formula is C24H30N2O3. The Morgan fingerprint density at radius 3 is 2.76 bits per heavy atom. The minimum absolute atomic E-state index is 0.0186. The maximum atomic E-state index is 12.9. The molecule has 0 bridgehead atoms. The molecule has 0 unspecified atom stereocenters. The van der Waals surface area contributed by atoms with Gasteiger partial charge in [-0.3, -0.25) is 9.69 Å². The zero-order valence-electron chi connectivity index (χ0n) is 17.5. The standard InChI is InChI=1S/C24H30N2O3/c1-16-17(2)22(29-3)9-8-19(16)12-26-13-20(14-27)24(15-26)11-10-18-6-4-5-7-21(18)23(28)25-24/h4-9,20,27H,10-15H2,1-3H3,(H,25,28)/t20-,24+/m0/s1. The summed E-state index contributed by atoms with van der Waals surface area (Å²) in [7, 11) is 1.70. The van der Waals surface area contributed by atoms with Crippen molar-refractivity contribution in [3.63, 3.8) is 0 Å². The Balaban J connectivity index is 1.57. The van der Waals surface area contributed by atoms with Crippen molar-refractivity contribution in [2.45, 2.75) is 38.8 Å². The Kier molecular flexibility index (Phi) is 5.36. The van der Waals surface area contributed by atoms with Crippen molar-refractivity contribution in [1.29, 1.82) is 0 Å². The zero-order chi connectivity index (χ0) is 20.6. The van der Waals surface area contributed by atoms with Crippen molar-refractivity contribution in [2.75, 3.05) is 26.8 Å². The Morgan fingerprint density at radius 2 is 2.00 bits per heavy atom. The maximum absolute atomic E-state index is 12.9. The predicted octanol–water partition coefficient (Wildman–Crippen LogP) is 2.85. The fraction of sp³-hybridized carbons (Fsp3) is 0.458. The molecule has 5 nitrogen and oxygen atoms in total. The number of likely N-dealkylation sites (tertiary alicyclic amines) is 1. The van der Waals surface area contributed by atoms with Gasteiger partial charge in [0.25, 0.3) is 5.91 Å². The third-order valence-corrected chi connectivity index (χ3v) is 6.91. The van der Waals surface area contributed by atoms with Gasteiger partial charge in [-0.15, -0.1) is 0 Å². The first-order valence-corrected chi connectivity index (χ1v) is 10.3. The molecule has 0 aromatic heterocycles. The number of aryl methyl sites for hydroxylation is 1. The summed E-state index contributed by atoms with van der Waals surface area (Å²) < 4.78 is 5.44. The normalized spacial score (nSPS) is 24.3. The first-order valence-electron chi connectivity index (χ1n) is 10.3. The second-order valence-electron chi connectivity index (χ2n) is 8.49. The molecule has 1 amide bonds. The van der Waals surface area contributed by atoms with E-state index in [9.17, 15) is 9.90 Å². The molecule has 2 aliphatic heterocycles. The molecule has 2 aromatic rings. The summed E-state index contributed by atoms with van der Waals surface area (Å²) in [6.07, 6.45) is 1.69. The van der Waals surface area contributed by atoms with E-state index in [1.165, 1.54) is 11.1 Å². The van der Waals surface area contributed by atoms with E-state index >= 15 is 0 Å². The number of methoxy groups -OCH3 is 1. The average Bonchev–Trinajstić information content (AvgIpc) is 2.99. The van der Waals surface area contributed by atoms with Crippen molar-refractivity contribution < 1.29 is 14.6 Å². The largest absolute Gasteiger partial charge is 0.496 e. The van der Waals surface area contributed by atoms with Crippen LogP contribution in [-0.2, 0) is 13.0 Å². The lowest BCUT2D eigenvalue weighted by molar-refractivity contribution is 0.0846. The SMILES string of the molecule is COc1ccc(CN2C[C@@H](CO)[C@@]3(CCc4ccccc4C(=O)N3)C2)c(C)c1C. The van der Waals surface area contributed by atoms with E-state index in [1.54, 1.807) is 7.11 Å². The van der Waals surface area contributed by atoms with Gasteiger partial charge in [0.15, 0.2) is 0 Å². The van der Waals surface area contributed by atoms with Crippen molar-refractivity contribution >= 4 is 5.91 Å². The molecule has 2 aromatic carbocycles. The summed E-state index contributed by atoms with van der Waals surface area (Å²) in [6, 6.07) is 12.0. The molecule has 1 fully saturated rings. The monoisotopic (exact) mass is 394 g/mol. The molecule has 5 heteroatoms. The second kappa shape index (κ2) is 7.81. The van der Waals surface area contributed by atoms with Crippen molar-refractivity contribution in [3.8, 4) is 5.75 Å². The van der Waals surface area contributed by atoms with Crippen molar-refractivity contribution in [2.24, 2.45) is 5.92 Å². The van der Waals surface area contributed by atoms with E-state index < -0.39 is 0 Å². The van der Waals surface area contributed by atoms with E-state index in [0.29, 0.717) is 0 Å². The number of aliphatic hydroxyl groups is 1. The smallest absolute Gasteiger partial charge is 0.252 e. The summed E-state index contributed by atoms with van der Waals surface area (Å²) in [5.74, 6) is 0.918. The number of hydrogen-bond donors (Lipinski definition) is 2. The minimum atomic E-state index is -0.389. The molecule has 154 valence electrons. The lowest BCUT2D eigenvalue weighted by Crippen LogP contribution is -2.54. The highest BCUT2D eigenvalue weighted by Gasteiger charge is 2.48. The van der Waals surface area contributed by atoms with E-state index in [-0.39, 0.29) is 24.0 Å². The van der Waals surface area contributed by atoms with Crippen LogP contribution in [0.1, 0.15) is 39.0 Å². The van der Waals surface area contributed by atoms with Gasteiger partial charge < -0.3 is 15.2 Å². The Hall–Kier alpha value is -2.37. The summed E-state index contributed by atoms with van der Waals surface area (Å²) >= 11 is 0. The molecule has 1 spiro atoms. The average molecular weight is 395 g/mol. The number of fused-ring (bicyclic) bond motifs is 1. The van der Waals surface area contributed by atoms with Gasteiger partial charge in [0.2, 0.25) is 0 Å². The van der Waals surface area contributed by atoms with Crippen LogP contribution in [-0.4, -0.2) is 48.3 Å². The third-order valence-electron chi connectivity index (χ3n) is 6.91. The van der Waals surface area contributed by atoms with E-state index in [4.69, 9.17) is 4.74 Å². The highest BCUT2D eigenvalue weighted by Crippen LogP contribution is 2.36. The fourth-order valence-electron chi connectivity index (χ4n) is 5.02. The van der Waals surface area contributed by atoms with Gasteiger partial charge >= 0.3 is 0 Å². The number of nitrogens with zero attached hydrogens (tertiary/aromatic N) is 1. The fourth-order valence-corrected chi connectivity index (χ4v) is 5.02. The highest BCUT2D eigenvalue weighted by atomic mass is 16.5. The topological polar surface area (TPSA) is 61.8 Å². The van der Waals surface area contributed by atoms with Crippen molar-refractivity contribution in [3.05, 3.63) is 64.2 Å². The number of carbonyl (C=O) groups is 1. The van der Waals surface area contributed by atoms with Crippen LogP contribution in [0, 0.1) is 19.8 Å². The van der Waals surface area contributed by atoms with Gasteiger partial charge in [-0.1, -0.05) is 24.3 Å². The molecule has 0 saturated carbocycles. The Labute approximate surface area is 172 Å². The van der Waals surface area contributed by atoms with Crippen LogP contribution in [0.2, 0.25) is 0 Å². The molecule has 2 aliphatic rings. The molecule has 29 heavy (non-hydrogen) atoms. The van der Waals surface area contributed by atoms with Crippen LogP contribution >= 0.6 is 0 Å². The zero-order valence-corrected chi connectivity index (χ0v) is 17.5. The molecule has 0 aliphatic carbocycles. The summed E-state index contributed by atoms with van der Waals surface area (Å²) in [6.45, 7) is 6.63. The van der Waals surface area contributed by atoms with Gasteiger partial charge in [0.05, 0.1) is 12.6 Å². The highest BCUT2D eigenvalue weighted by molar-refractivity contribution is 5.96. The van der Waals surface area contributed by atoms with Crippen LogP contribution in [0.4, 0.5) is 0 Å². The molecule has 2 atom stereocenters. The summed E-state index contributed by atoms with van der Waals surface area (Å²) in [5, 5.41) is 13.4. The maximum Gasteiger partial charge on any atom is 0.252 e. The van der Waals surface area contributed by atoms with Crippen LogP contribution in [0.25, 0.3) is 0 Å². The van der Waals surface area contributed by atoms with Crippen LogP contribution in [0.15, 0.2) is 36.4 Å². The number of amides is 1. The molecular weight excluding hydrogens is 364 g/mol. The van der Waals surface area contributed by atoms with Crippen LogP contribution in [0.3, 0.4) is 0 Å². The summed E-state index contributed by atoms with van der Waals surface area (Å²) in [4.78, 5) is 15.3. The minimum Gasteiger partial charge on any atom is -0.496 e. The Morgan fingerprint density at radius 1 is 1.21 bits per heavy atom. The van der Waals surface area contributed by atoms with E-state index in [1.807, 2.05) is 30.3 Å². The number of aliphatic hydroxyl groups excluding tert-OH is 1. The van der Waals surface area contributed by atoms with E-state index in [0.717, 1.165) is 54.9 Å². The second-order valence-corrected chi connectivity index (χ2v) is 8.49. The lowest BCUT2D eigenvalue weighted by atomic mass is 9.83. The number of ether oxygens (including phenoxy) is 1. The number of carbonyl (C=O) groups excluding carboxylic acids is 1. The van der Waals surface area contributed by atoms with Crippen LogP contribution < -0.4 is 10.1 Å². The van der Waals surface area contributed by atoms with Gasteiger partial charge in [-0.2, -0.15) is 0 Å². The number of rotatable bonds is 4.